The summed E-state index contributed by atoms with van der Waals surface area (Å²) in [5, 5.41) is 5.88. The molecule has 3 atom stereocenters. The largest absolute Gasteiger partial charge is 0.444 e. The highest BCUT2D eigenvalue weighted by atomic mass is 16.6. The number of alkyl carbamates (subject to hydrolysis) is 1. The van der Waals surface area contributed by atoms with Gasteiger partial charge < -0.3 is 20.3 Å². The number of benzene rings is 1. The summed E-state index contributed by atoms with van der Waals surface area (Å²) in [5.74, 6) is -0.593. The SMILES string of the molecule is CCCCCN(C(=O)C(NC(=O)OC(C)(C)C)C(C)CC)C(C(=O)NCCCC)c1ccc(C)c(C)c1. The molecule has 1 aromatic carbocycles. The molecule has 0 fully saturated rings. The zero-order valence-electron chi connectivity index (χ0n) is 24.7. The molecule has 0 aliphatic carbocycles. The van der Waals surface area contributed by atoms with Gasteiger partial charge in [0.05, 0.1) is 0 Å². The molecule has 0 spiro atoms. The average Bonchev–Trinajstić information content (AvgIpc) is 2.82. The molecule has 3 amide bonds. The maximum absolute atomic E-state index is 14.2. The van der Waals surface area contributed by atoms with Crippen molar-refractivity contribution in [1.82, 2.24) is 15.5 Å². The highest BCUT2D eigenvalue weighted by molar-refractivity contribution is 5.92. The Balaban J connectivity index is 3.52. The second-order valence-electron chi connectivity index (χ2n) is 11.1. The van der Waals surface area contributed by atoms with Gasteiger partial charge in [0.25, 0.3) is 0 Å². The minimum absolute atomic E-state index is 0.141. The van der Waals surface area contributed by atoms with E-state index in [0.717, 1.165) is 48.8 Å². The van der Waals surface area contributed by atoms with Crippen LogP contribution in [0.2, 0.25) is 0 Å². The molecule has 37 heavy (non-hydrogen) atoms. The van der Waals surface area contributed by atoms with Crippen LogP contribution in [-0.2, 0) is 14.3 Å². The van der Waals surface area contributed by atoms with E-state index in [1.54, 1.807) is 25.7 Å². The van der Waals surface area contributed by atoms with Gasteiger partial charge in [0.1, 0.15) is 17.7 Å². The van der Waals surface area contributed by atoms with Gasteiger partial charge in [0.15, 0.2) is 0 Å². The third kappa shape index (κ3) is 10.7. The Hall–Kier alpha value is -2.57. The van der Waals surface area contributed by atoms with Gasteiger partial charge in [0.2, 0.25) is 11.8 Å². The summed E-state index contributed by atoms with van der Waals surface area (Å²) in [6, 6.07) is 4.34. The lowest BCUT2D eigenvalue weighted by atomic mass is 9.94. The van der Waals surface area contributed by atoms with Crippen LogP contribution in [0.5, 0.6) is 0 Å². The highest BCUT2D eigenvalue weighted by Gasteiger charge is 2.37. The number of unbranched alkanes of at least 4 members (excludes halogenated alkanes) is 3. The molecule has 0 aromatic heterocycles. The first-order chi connectivity index (χ1) is 17.4. The van der Waals surface area contributed by atoms with E-state index in [0.29, 0.717) is 19.5 Å². The van der Waals surface area contributed by atoms with Crippen molar-refractivity contribution in [3.8, 4) is 0 Å². The first kappa shape index (κ1) is 32.5. The van der Waals surface area contributed by atoms with Gasteiger partial charge in [-0.25, -0.2) is 4.79 Å². The lowest BCUT2D eigenvalue weighted by Gasteiger charge is -2.36. The van der Waals surface area contributed by atoms with Gasteiger partial charge in [0, 0.05) is 13.1 Å². The summed E-state index contributed by atoms with van der Waals surface area (Å²) in [4.78, 5) is 42.3. The first-order valence-corrected chi connectivity index (χ1v) is 14.0. The zero-order valence-corrected chi connectivity index (χ0v) is 24.7. The molecule has 1 aromatic rings. The van der Waals surface area contributed by atoms with E-state index in [-0.39, 0.29) is 17.7 Å². The minimum Gasteiger partial charge on any atom is -0.444 e. The van der Waals surface area contributed by atoms with Crippen molar-refractivity contribution in [2.45, 2.75) is 119 Å². The van der Waals surface area contributed by atoms with Crippen molar-refractivity contribution in [1.29, 1.82) is 0 Å². The molecule has 7 heteroatoms. The van der Waals surface area contributed by atoms with Crippen LogP contribution >= 0.6 is 0 Å². The lowest BCUT2D eigenvalue weighted by Crippen LogP contribution is -2.55. The molecule has 7 nitrogen and oxygen atoms in total. The van der Waals surface area contributed by atoms with Gasteiger partial charge in [-0.3, -0.25) is 9.59 Å². The third-order valence-electron chi connectivity index (χ3n) is 6.67. The lowest BCUT2D eigenvalue weighted by molar-refractivity contribution is -0.143. The Bertz CT molecular complexity index is 878. The van der Waals surface area contributed by atoms with E-state index in [1.165, 1.54) is 0 Å². The first-order valence-electron chi connectivity index (χ1n) is 14.0. The van der Waals surface area contributed by atoms with E-state index in [1.807, 2.05) is 45.9 Å². The van der Waals surface area contributed by atoms with Gasteiger partial charge in [-0.1, -0.05) is 71.6 Å². The van der Waals surface area contributed by atoms with Gasteiger partial charge in [-0.05, 0) is 70.1 Å². The molecule has 0 heterocycles. The average molecular weight is 518 g/mol. The topological polar surface area (TPSA) is 87.7 Å². The van der Waals surface area contributed by atoms with Crippen LogP contribution in [0, 0.1) is 19.8 Å². The fourth-order valence-corrected chi connectivity index (χ4v) is 4.09. The number of carbonyl (C=O) groups is 3. The van der Waals surface area contributed by atoms with E-state index < -0.39 is 23.8 Å². The van der Waals surface area contributed by atoms with Crippen LogP contribution in [0.1, 0.15) is 110 Å². The fraction of sp³-hybridized carbons (Fsp3) is 0.700. The molecule has 1 rings (SSSR count). The molecular formula is C30H51N3O4. The number of hydrogen-bond acceptors (Lipinski definition) is 4. The molecule has 2 N–H and O–H groups in total. The van der Waals surface area contributed by atoms with Crippen molar-refractivity contribution in [2.24, 2.45) is 5.92 Å². The predicted molar refractivity (Wildman–Crippen MR) is 150 cm³/mol. The van der Waals surface area contributed by atoms with Crippen molar-refractivity contribution >= 4 is 17.9 Å². The zero-order chi connectivity index (χ0) is 28.2. The number of nitrogens with one attached hydrogen (secondary N) is 2. The maximum Gasteiger partial charge on any atom is 0.408 e. The highest BCUT2D eigenvalue weighted by Crippen LogP contribution is 2.27. The van der Waals surface area contributed by atoms with Gasteiger partial charge >= 0.3 is 6.09 Å². The van der Waals surface area contributed by atoms with E-state index in [9.17, 15) is 14.4 Å². The van der Waals surface area contributed by atoms with Crippen molar-refractivity contribution in [2.75, 3.05) is 13.1 Å². The summed E-state index contributed by atoms with van der Waals surface area (Å²) in [5.41, 5.74) is 2.29. The van der Waals surface area contributed by atoms with E-state index in [2.05, 4.69) is 24.5 Å². The third-order valence-corrected chi connectivity index (χ3v) is 6.67. The number of ether oxygens (including phenoxy) is 1. The number of rotatable bonds is 14. The number of hydrogen-bond donors (Lipinski definition) is 2. The fourth-order valence-electron chi connectivity index (χ4n) is 4.09. The maximum atomic E-state index is 14.2. The van der Waals surface area contributed by atoms with Crippen LogP contribution < -0.4 is 10.6 Å². The van der Waals surface area contributed by atoms with Crippen LogP contribution in [-0.4, -0.2) is 47.5 Å². The summed E-state index contributed by atoms with van der Waals surface area (Å²) in [6.07, 6.45) is 4.58. The molecular weight excluding hydrogens is 466 g/mol. The Morgan fingerprint density at radius 1 is 0.973 bits per heavy atom. The standard InChI is InChI=1S/C30H51N3O4/c1-10-13-15-19-33(28(35)25(21(4)12-3)32-29(36)37-30(7,8)9)26(27(34)31-18-14-11-2)24-17-16-22(5)23(6)20-24/h16-17,20-21,25-26H,10-15,18-19H2,1-9H3,(H,31,34)(H,32,36). The minimum atomic E-state index is -0.807. The molecule has 3 unspecified atom stereocenters. The quantitative estimate of drug-likeness (QED) is 0.287. The van der Waals surface area contributed by atoms with Gasteiger partial charge in [-0.2, -0.15) is 0 Å². The van der Waals surface area contributed by atoms with Crippen LogP contribution in [0.15, 0.2) is 18.2 Å². The Morgan fingerprint density at radius 3 is 2.16 bits per heavy atom. The molecule has 0 aliphatic heterocycles. The van der Waals surface area contributed by atoms with Crippen LogP contribution in [0.25, 0.3) is 0 Å². The molecule has 0 radical (unpaired) electrons. The monoisotopic (exact) mass is 517 g/mol. The van der Waals surface area contributed by atoms with E-state index >= 15 is 0 Å². The second-order valence-corrected chi connectivity index (χ2v) is 11.1. The molecule has 0 bridgehead atoms. The van der Waals surface area contributed by atoms with Crippen molar-refractivity contribution in [3.63, 3.8) is 0 Å². The summed E-state index contributed by atoms with van der Waals surface area (Å²) < 4.78 is 5.48. The summed E-state index contributed by atoms with van der Waals surface area (Å²) in [7, 11) is 0. The number of carbonyl (C=O) groups excluding carboxylic acids is 3. The number of nitrogens with zero attached hydrogens (tertiary/aromatic N) is 1. The van der Waals surface area contributed by atoms with Crippen molar-refractivity contribution < 1.29 is 19.1 Å². The Morgan fingerprint density at radius 2 is 1.62 bits per heavy atom. The molecule has 0 saturated carbocycles. The predicted octanol–water partition coefficient (Wildman–Crippen LogP) is 6.22. The smallest absolute Gasteiger partial charge is 0.408 e. The molecule has 0 saturated heterocycles. The number of amides is 3. The summed E-state index contributed by atoms with van der Waals surface area (Å²) >= 11 is 0. The van der Waals surface area contributed by atoms with E-state index in [4.69, 9.17) is 4.74 Å². The second kappa shape index (κ2) is 15.6. The molecule has 210 valence electrons. The van der Waals surface area contributed by atoms with Crippen LogP contribution in [0.3, 0.4) is 0 Å². The van der Waals surface area contributed by atoms with Crippen molar-refractivity contribution in [3.05, 3.63) is 34.9 Å². The number of aryl methyl sites for hydroxylation is 2. The Kier molecular flexibility index (Phi) is 13.7. The molecule has 0 aliphatic rings. The summed E-state index contributed by atoms with van der Waals surface area (Å²) in [6.45, 7) is 18.5. The van der Waals surface area contributed by atoms with Gasteiger partial charge in [-0.15, -0.1) is 0 Å². The normalized spacial score (nSPS) is 13.9. The van der Waals surface area contributed by atoms with Crippen LogP contribution in [0.4, 0.5) is 4.79 Å². The Labute approximate surface area is 225 Å².